The maximum Gasteiger partial charge on any atom is 0.0604 e. The van der Waals surface area contributed by atoms with E-state index >= 15 is 0 Å². The summed E-state index contributed by atoms with van der Waals surface area (Å²) in [5.41, 5.74) is 0.418. The highest BCUT2D eigenvalue weighted by atomic mass is 16.5. The SMILES string of the molecule is CO[C@H]1CCCCC1C(C)(C)C. The molecule has 0 aromatic heterocycles. The van der Waals surface area contributed by atoms with Crippen LogP contribution in [0.4, 0.5) is 0 Å². The van der Waals surface area contributed by atoms with Gasteiger partial charge in [0.15, 0.2) is 0 Å². The largest absolute Gasteiger partial charge is 0.381 e. The van der Waals surface area contributed by atoms with E-state index in [9.17, 15) is 0 Å². The number of rotatable bonds is 1. The van der Waals surface area contributed by atoms with E-state index in [1.807, 2.05) is 7.11 Å². The summed E-state index contributed by atoms with van der Waals surface area (Å²) < 4.78 is 5.53. The van der Waals surface area contributed by atoms with Crippen LogP contribution in [-0.4, -0.2) is 13.2 Å². The second-order valence-corrected chi connectivity index (χ2v) is 5.03. The molecule has 0 amide bonds. The monoisotopic (exact) mass is 170 g/mol. The van der Waals surface area contributed by atoms with Crippen molar-refractivity contribution in [1.29, 1.82) is 0 Å². The van der Waals surface area contributed by atoms with Crippen molar-refractivity contribution in [3.05, 3.63) is 0 Å². The lowest BCUT2D eigenvalue weighted by Crippen LogP contribution is -2.35. The van der Waals surface area contributed by atoms with Gasteiger partial charge in [0.1, 0.15) is 0 Å². The van der Waals surface area contributed by atoms with Crippen LogP contribution in [-0.2, 0) is 4.74 Å². The number of hydrogen-bond donors (Lipinski definition) is 0. The van der Waals surface area contributed by atoms with Crippen molar-refractivity contribution in [3.63, 3.8) is 0 Å². The first kappa shape index (κ1) is 10.0. The van der Waals surface area contributed by atoms with Crippen LogP contribution in [0.2, 0.25) is 0 Å². The fraction of sp³-hybridized carbons (Fsp3) is 1.00. The fourth-order valence-corrected chi connectivity index (χ4v) is 2.37. The molecule has 72 valence electrons. The van der Waals surface area contributed by atoms with Gasteiger partial charge in [0.2, 0.25) is 0 Å². The molecule has 2 atom stereocenters. The quantitative estimate of drug-likeness (QED) is 0.587. The average molecular weight is 170 g/mol. The smallest absolute Gasteiger partial charge is 0.0604 e. The first-order chi connectivity index (χ1) is 5.55. The minimum atomic E-state index is 0.418. The lowest BCUT2D eigenvalue weighted by atomic mass is 9.71. The zero-order valence-corrected chi connectivity index (χ0v) is 8.89. The molecule has 0 aromatic carbocycles. The van der Waals surface area contributed by atoms with Crippen LogP contribution < -0.4 is 0 Å². The van der Waals surface area contributed by atoms with E-state index in [0.717, 1.165) is 5.92 Å². The highest BCUT2D eigenvalue weighted by Gasteiger charge is 2.33. The predicted molar refractivity (Wildman–Crippen MR) is 52.2 cm³/mol. The van der Waals surface area contributed by atoms with Crippen LogP contribution in [0.25, 0.3) is 0 Å². The second kappa shape index (κ2) is 3.78. The van der Waals surface area contributed by atoms with Gasteiger partial charge in [-0.1, -0.05) is 33.6 Å². The zero-order valence-electron chi connectivity index (χ0n) is 8.89. The van der Waals surface area contributed by atoms with Crippen LogP contribution in [0.1, 0.15) is 46.5 Å². The Labute approximate surface area is 76.5 Å². The first-order valence-corrected chi connectivity index (χ1v) is 5.08. The molecule has 1 unspecified atom stereocenters. The summed E-state index contributed by atoms with van der Waals surface area (Å²) >= 11 is 0. The van der Waals surface area contributed by atoms with E-state index in [1.165, 1.54) is 25.7 Å². The molecule has 1 fully saturated rings. The summed E-state index contributed by atoms with van der Waals surface area (Å²) in [5.74, 6) is 0.760. The van der Waals surface area contributed by atoms with Crippen molar-refractivity contribution >= 4 is 0 Å². The number of ether oxygens (including phenoxy) is 1. The Morgan fingerprint density at radius 2 is 1.67 bits per heavy atom. The van der Waals surface area contributed by atoms with E-state index in [4.69, 9.17) is 4.74 Å². The summed E-state index contributed by atoms with van der Waals surface area (Å²) in [6.45, 7) is 6.99. The van der Waals surface area contributed by atoms with Gasteiger partial charge < -0.3 is 4.74 Å². The molecule has 0 spiro atoms. The molecular weight excluding hydrogens is 148 g/mol. The third-order valence-corrected chi connectivity index (χ3v) is 3.12. The van der Waals surface area contributed by atoms with Crippen molar-refractivity contribution in [2.24, 2.45) is 11.3 Å². The van der Waals surface area contributed by atoms with Crippen molar-refractivity contribution in [3.8, 4) is 0 Å². The highest BCUT2D eigenvalue weighted by molar-refractivity contribution is 4.84. The van der Waals surface area contributed by atoms with E-state index < -0.39 is 0 Å². The summed E-state index contributed by atoms with van der Waals surface area (Å²) in [7, 11) is 1.86. The highest BCUT2D eigenvalue weighted by Crippen LogP contribution is 2.38. The molecule has 0 aliphatic heterocycles. The van der Waals surface area contributed by atoms with Crippen LogP contribution in [0, 0.1) is 11.3 Å². The minimum absolute atomic E-state index is 0.418. The third kappa shape index (κ3) is 2.22. The minimum Gasteiger partial charge on any atom is -0.381 e. The Kier molecular flexibility index (Phi) is 3.16. The van der Waals surface area contributed by atoms with Crippen molar-refractivity contribution < 1.29 is 4.74 Å². The molecule has 12 heavy (non-hydrogen) atoms. The molecule has 0 aromatic rings. The molecule has 1 aliphatic rings. The second-order valence-electron chi connectivity index (χ2n) is 5.03. The molecular formula is C11H22O. The molecule has 1 heteroatoms. The van der Waals surface area contributed by atoms with Gasteiger partial charge in [0.05, 0.1) is 6.10 Å². The van der Waals surface area contributed by atoms with Gasteiger partial charge in [-0.15, -0.1) is 0 Å². The maximum atomic E-state index is 5.53. The Morgan fingerprint density at radius 1 is 1.08 bits per heavy atom. The van der Waals surface area contributed by atoms with Gasteiger partial charge in [-0.05, 0) is 24.2 Å². The van der Waals surface area contributed by atoms with Gasteiger partial charge in [-0.25, -0.2) is 0 Å². The van der Waals surface area contributed by atoms with Gasteiger partial charge >= 0.3 is 0 Å². The normalized spacial score (nSPS) is 32.0. The molecule has 1 saturated carbocycles. The van der Waals surface area contributed by atoms with Gasteiger partial charge in [-0.3, -0.25) is 0 Å². The van der Waals surface area contributed by atoms with Crippen LogP contribution in [0.5, 0.6) is 0 Å². The molecule has 0 bridgehead atoms. The van der Waals surface area contributed by atoms with Crippen LogP contribution >= 0.6 is 0 Å². The summed E-state index contributed by atoms with van der Waals surface area (Å²) in [6, 6.07) is 0. The number of hydrogen-bond acceptors (Lipinski definition) is 1. The van der Waals surface area contributed by atoms with E-state index in [1.54, 1.807) is 0 Å². The van der Waals surface area contributed by atoms with Gasteiger partial charge in [0.25, 0.3) is 0 Å². The fourth-order valence-electron chi connectivity index (χ4n) is 2.37. The molecule has 1 rings (SSSR count). The van der Waals surface area contributed by atoms with Gasteiger partial charge in [-0.2, -0.15) is 0 Å². The number of methoxy groups -OCH3 is 1. The topological polar surface area (TPSA) is 9.23 Å². The van der Waals surface area contributed by atoms with Crippen LogP contribution in [0.3, 0.4) is 0 Å². The van der Waals surface area contributed by atoms with E-state index in [2.05, 4.69) is 20.8 Å². The molecule has 0 radical (unpaired) electrons. The van der Waals surface area contributed by atoms with Crippen molar-refractivity contribution in [2.45, 2.75) is 52.6 Å². The zero-order chi connectivity index (χ0) is 9.19. The standard InChI is InChI=1S/C11H22O/c1-11(2,3)9-7-5-6-8-10(9)12-4/h9-10H,5-8H2,1-4H3/t9?,10-/m0/s1. The molecule has 1 aliphatic carbocycles. The predicted octanol–water partition coefficient (Wildman–Crippen LogP) is 3.24. The van der Waals surface area contributed by atoms with E-state index in [0.29, 0.717) is 11.5 Å². The van der Waals surface area contributed by atoms with E-state index in [-0.39, 0.29) is 0 Å². The van der Waals surface area contributed by atoms with Crippen LogP contribution in [0.15, 0.2) is 0 Å². The Bertz CT molecular complexity index is 134. The molecule has 0 heterocycles. The lowest BCUT2D eigenvalue weighted by Gasteiger charge is -2.39. The molecule has 0 N–H and O–H groups in total. The molecule has 0 saturated heterocycles. The van der Waals surface area contributed by atoms with Gasteiger partial charge in [0, 0.05) is 7.11 Å². The Morgan fingerprint density at radius 3 is 2.08 bits per heavy atom. The van der Waals surface area contributed by atoms with Crippen molar-refractivity contribution in [2.75, 3.05) is 7.11 Å². The van der Waals surface area contributed by atoms with Crippen molar-refractivity contribution in [1.82, 2.24) is 0 Å². The lowest BCUT2D eigenvalue weighted by molar-refractivity contribution is -0.0217. The molecule has 1 nitrogen and oxygen atoms in total. The third-order valence-electron chi connectivity index (χ3n) is 3.12. The first-order valence-electron chi connectivity index (χ1n) is 5.08. The summed E-state index contributed by atoms with van der Waals surface area (Å²) in [6.07, 6.45) is 5.87. The maximum absolute atomic E-state index is 5.53. The Balaban J connectivity index is 2.59. The summed E-state index contributed by atoms with van der Waals surface area (Å²) in [4.78, 5) is 0. The Hall–Kier alpha value is -0.0400. The average Bonchev–Trinajstić information content (AvgIpc) is 2.03. The summed E-state index contributed by atoms with van der Waals surface area (Å²) in [5, 5.41) is 0.